The minimum Gasteiger partial charge on any atom is -0.465 e. The molecule has 1 heterocycles. The van der Waals surface area contributed by atoms with Gasteiger partial charge < -0.3 is 15.2 Å². The van der Waals surface area contributed by atoms with Gasteiger partial charge in [0.25, 0.3) is 0 Å². The monoisotopic (exact) mass is 248 g/mol. The van der Waals surface area contributed by atoms with Crippen LogP contribution in [0.15, 0.2) is 30.6 Å². The fraction of sp³-hybridized carbons (Fsp3) is 0.385. The van der Waals surface area contributed by atoms with Crippen molar-refractivity contribution in [2.24, 2.45) is 5.92 Å². The second kappa shape index (κ2) is 5.64. The van der Waals surface area contributed by atoms with Crippen molar-refractivity contribution in [3.8, 4) is 0 Å². The van der Waals surface area contributed by atoms with E-state index < -0.39 is 5.97 Å². The minimum absolute atomic E-state index is 0.118. The molecule has 2 atom stereocenters. The van der Waals surface area contributed by atoms with Crippen molar-refractivity contribution < 1.29 is 14.6 Å². The number of hydrogen-bond donors (Lipinski definition) is 2. The van der Waals surface area contributed by atoms with Gasteiger partial charge in [-0.25, -0.2) is 4.79 Å². The van der Waals surface area contributed by atoms with Gasteiger partial charge in [-0.2, -0.15) is 0 Å². The Morgan fingerprint density at radius 1 is 1.61 bits per heavy atom. The SMILES string of the molecule is COC(=O)c1cnccc1N[C@@H]1C=C[C@H](CO)C1. The van der Waals surface area contributed by atoms with Crippen molar-refractivity contribution in [2.45, 2.75) is 12.5 Å². The number of carbonyl (C=O) groups excluding carboxylic acids is 1. The number of rotatable bonds is 4. The molecule has 5 nitrogen and oxygen atoms in total. The highest BCUT2D eigenvalue weighted by atomic mass is 16.5. The first kappa shape index (κ1) is 12.6. The van der Waals surface area contributed by atoms with E-state index in [4.69, 9.17) is 9.84 Å². The van der Waals surface area contributed by atoms with Crippen LogP contribution >= 0.6 is 0 Å². The normalized spacial score (nSPS) is 21.9. The van der Waals surface area contributed by atoms with Crippen LogP contribution in [0.5, 0.6) is 0 Å². The lowest BCUT2D eigenvalue weighted by molar-refractivity contribution is 0.0601. The summed E-state index contributed by atoms with van der Waals surface area (Å²) in [7, 11) is 1.34. The molecule has 2 rings (SSSR count). The third-order valence-electron chi connectivity index (χ3n) is 2.97. The maximum Gasteiger partial charge on any atom is 0.341 e. The Hall–Kier alpha value is -1.88. The molecule has 0 fully saturated rings. The molecule has 0 unspecified atom stereocenters. The molecule has 0 saturated carbocycles. The van der Waals surface area contributed by atoms with Crippen LogP contribution in [0.3, 0.4) is 0 Å². The zero-order valence-corrected chi connectivity index (χ0v) is 10.2. The van der Waals surface area contributed by atoms with Crippen molar-refractivity contribution in [3.05, 3.63) is 36.2 Å². The predicted molar refractivity (Wildman–Crippen MR) is 67.3 cm³/mol. The molecule has 0 amide bonds. The fourth-order valence-electron chi connectivity index (χ4n) is 2.01. The topological polar surface area (TPSA) is 71.5 Å². The molecule has 0 bridgehead atoms. The van der Waals surface area contributed by atoms with E-state index in [1.54, 1.807) is 12.3 Å². The Kier molecular flexibility index (Phi) is 3.94. The molecular formula is C13H16N2O3. The van der Waals surface area contributed by atoms with E-state index in [0.29, 0.717) is 11.3 Å². The summed E-state index contributed by atoms with van der Waals surface area (Å²) in [6.45, 7) is 0.148. The smallest absolute Gasteiger partial charge is 0.341 e. The summed E-state index contributed by atoms with van der Waals surface area (Å²) >= 11 is 0. The summed E-state index contributed by atoms with van der Waals surface area (Å²) in [5.74, 6) is -0.225. The molecule has 1 aromatic heterocycles. The van der Waals surface area contributed by atoms with Gasteiger partial charge in [-0.3, -0.25) is 4.98 Å². The molecule has 5 heteroatoms. The Labute approximate surface area is 105 Å². The molecule has 1 aromatic rings. The van der Waals surface area contributed by atoms with Gasteiger partial charge in [-0.15, -0.1) is 0 Å². The van der Waals surface area contributed by atoms with Gasteiger partial charge in [0.2, 0.25) is 0 Å². The first-order valence-corrected chi connectivity index (χ1v) is 5.82. The van der Waals surface area contributed by atoms with Gasteiger partial charge in [0.15, 0.2) is 0 Å². The highest BCUT2D eigenvalue weighted by Crippen LogP contribution is 2.23. The van der Waals surface area contributed by atoms with E-state index in [1.165, 1.54) is 13.3 Å². The largest absolute Gasteiger partial charge is 0.465 e. The number of aliphatic hydroxyl groups is 1. The molecule has 0 aromatic carbocycles. The third-order valence-corrected chi connectivity index (χ3v) is 2.97. The standard InChI is InChI=1S/C13H16N2O3/c1-18-13(17)11-7-14-5-4-12(11)15-10-3-2-9(6-10)8-16/h2-5,7,9-10,16H,6,8H2,1H3,(H,14,15)/t9-,10+/m0/s1. The lowest BCUT2D eigenvalue weighted by atomic mass is 10.1. The van der Waals surface area contributed by atoms with Crippen LogP contribution in [0, 0.1) is 5.92 Å². The number of methoxy groups -OCH3 is 1. The van der Waals surface area contributed by atoms with Gasteiger partial charge in [0.1, 0.15) is 5.56 Å². The van der Waals surface area contributed by atoms with Crippen LogP contribution in [0.4, 0.5) is 5.69 Å². The number of nitrogens with one attached hydrogen (secondary N) is 1. The lowest BCUT2D eigenvalue weighted by Crippen LogP contribution is -2.19. The van der Waals surface area contributed by atoms with Gasteiger partial charge in [-0.05, 0) is 12.5 Å². The van der Waals surface area contributed by atoms with Gasteiger partial charge in [0, 0.05) is 31.0 Å². The van der Waals surface area contributed by atoms with Crippen LogP contribution in [0.25, 0.3) is 0 Å². The summed E-state index contributed by atoms with van der Waals surface area (Å²) < 4.78 is 4.71. The number of pyridine rings is 1. The second-order valence-corrected chi connectivity index (χ2v) is 4.23. The van der Waals surface area contributed by atoms with Crippen molar-refractivity contribution >= 4 is 11.7 Å². The number of aliphatic hydroxyl groups excluding tert-OH is 1. The average Bonchev–Trinajstić information content (AvgIpc) is 2.86. The molecule has 0 radical (unpaired) electrons. The minimum atomic E-state index is -0.411. The van der Waals surface area contributed by atoms with E-state index in [2.05, 4.69) is 10.3 Å². The number of esters is 1. The summed E-state index contributed by atoms with van der Waals surface area (Å²) in [4.78, 5) is 15.5. The average molecular weight is 248 g/mol. The van der Waals surface area contributed by atoms with E-state index in [1.807, 2.05) is 12.2 Å². The van der Waals surface area contributed by atoms with Gasteiger partial charge in [0.05, 0.1) is 12.8 Å². The van der Waals surface area contributed by atoms with Crippen molar-refractivity contribution in [2.75, 3.05) is 19.0 Å². The molecule has 2 N–H and O–H groups in total. The second-order valence-electron chi connectivity index (χ2n) is 4.23. The quantitative estimate of drug-likeness (QED) is 0.619. The van der Waals surface area contributed by atoms with Gasteiger partial charge >= 0.3 is 5.97 Å². The Balaban J connectivity index is 2.10. The summed E-state index contributed by atoms with van der Waals surface area (Å²) in [5.41, 5.74) is 1.12. The third kappa shape index (κ3) is 2.68. The predicted octanol–water partition coefficient (Wildman–Crippen LogP) is 1.22. The van der Waals surface area contributed by atoms with E-state index in [9.17, 15) is 4.79 Å². The molecule has 1 aliphatic rings. The van der Waals surface area contributed by atoms with Crippen LogP contribution in [-0.4, -0.2) is 35.8 Å². The number of nitrogens with zero attached hydrogens (tertiary/aromatic N) is 1. The van der Waals surface area contributed by atoms with Crippen molar-refractivity contribution in [1.82, 2.24) is 4.98 Å². The highest BCUT2D eigenvalue weighted by Gasteiger charge is 2.20. The summed E-state index contributed by atoms with van der Waals surface area (Å²) in [5, 5.41) is 12.3. The summed E-state index contributed by atoms with van der Waals surface area (Å²) in [6.07, 6.45) is 7.91. The van der Waals surface area contributed by atoms with E-state index in [-0.39, 0.29) is 18.6 Å². The van der Waals surface area contributed by atoms with E-state index >= 15 is 0 Å². The van der Waals surface area contributed by atoms with E-state index in [0.717, 1.165) is 6.42 Å². The molecule has 1 aliphatic carbocycles. The molecule has 0 saturated heterocycles. The zero-order valence-electron chi connectivity index (χ0n) is 10.2. The highest BCUT2D eigenvalue weighted by molar-refractivity contribution is 5.95. The number of anilines is 1. The Morgan fingerprint density at radius 2 is 2.44 bits per heavy atom. The molecular weight excluding hydrogens is 232 g/mol. The van der Waals surface area contributed by atoms with Gasteiger partial charge in [-0.1, -0.05) is 12.2 Å². The molecule has 0 spiro atoms. The van der Waals surface area contributed by atoms with Crippen LogP contribution < -0.4 is 5.32 Å². The maximum absolute atomic E-state index is 11.6. The number of ether oxygens (including phenoxy) is 1. The molecule has 96 valence electrons. The van der Waals surface area contributed by atoms with Crippen LogP contribution in [0.2, 0.25) is 0 Å². The van der Waals surface area contributed by atoms with Crippen molar-refractivity contribution in [1.29, 1.82) is 0 Å². The Bertz CT molecular complexity index is 459. The maximum atomic E-state index is 11.6. The number of carbonyl (C=O) groups is 1. The van der Waals surface area contributed by atoms with Crippen LogP contribution in [-0.2, 0) is 4.74 Å². The first-order chi connectivity index (χ1) is 8.74. The lowest BCUT2D eigenvalue weighted by Gasteiger charge is -2.16. The molecule has 0 aliphatic heterocycles. The van der Waals surface area contributed by atoms with Crippen LogP contribution in [0.1, 0.15) is 16.8 Å². The number of aromatic nitrogens is 1. The van der Waals surface area contributed by atoms with Crippen molar-refractivity contribution in [3.63, 3.8) is 0 Å². The summed E-state index contributed by atoms with van der Waals surface area (Å²) in [6, 6.07) is 1.86. The Morgan fingerprint density at radius 3 is 3.11 bits per heavy atom. The fourth-order valence-corrected chi connectivity index (χ4v) is 2.01. The zero-order chi connectivity index (χ0) is 13.0. The molecule has 18 heavy (non-hydrogen) atoms. The first-order valence-electron chi connectivity index (χ1n) is 5.82. The number of hydrogen-bond acceptors (Lipinski definition) is 5.